The Bertz CT molecular complexity index is 194. The predicted molar refractivity (Wildman–Crippen MR) is 98.9 cm³/mol. The van der Waals surface area contributed by atoms with Gasteiger partial charge in [-0.15, -0.1) is 0 Å². The molecule has 0 rings (SSSR count). The molecule has 0 fully saturated rings. The minimum atomic E-state index is 0.880. The first-order valence-corrected chi connectivity index (χ1v) is 10.2. The van der Waals surface area contributed by atoms with Crippen LogP contribution in [0, 0.1) is 17.8 Å². The van der Waals surface area contributed by atoms with Crippen LogP contribution in [0.25, 0.3) is 0 Å². The summed E-state index contributed by atoms with van der Waals surface area (Å²) >= 11 is 0. The normalized spacial score (nSPS) is 14.6. The third-order valence-electron chi connectivity index (χ3n) is 5.14. The molecule has 0 aromatic rings. The molecule has 0 spiro atoms. The molecule has 0 aromatic carbocycles. The van der Waals surface area contributed by atoms with Crippen LogP contribution >= 0.6 is 0 Å². The van der Waals surface area contributed by atoms with Gasteiger partial charge < -0.3 is 0 Å². The lowest BCUT2D eigenvalue weighted by Gasteiger charge is -2.26. The largest absolute Gasteiger partial charge is 0.0654 e. The Morgan fingerprint density at radius 2 is 1.14 bits per heavy atom. The van der Waals surface area contributed by atoms with E-state index in [1.165, 1.54) is 83.5 Å². The Balaban J connectivity index is 3.97. The first kappa shape index (κ1) is 21.0. The minimum absolute atomic E-state index is 0.880. The highest BCUT2D eigenvalue weighted by atomic mass is 14.2. The molecule has 2 atom stereocenters. The Kier molecular flexibility index (Phi) is 14.9. The van der Waals surface area contributed by atoms with Gasteiger partial charge in [0.15, 0.2) is 0 Å². The summed E-state index contributed by atoms with van der Waals surface area (Å²) < 4.78 is 0. The molecule has 0 heterocycles. The first-order valence-electron chi connectivity index (χ1n) is 10.2. The second-order valence-corrected chi connectivity index (χ2v) is 7.60. The van der Waals surface area contributed by atoms with Gasteiger partial charge in [-0.2, -0.15) is 0 Å². The average Bonchev–Trinajstić information content (AvgIpc) is 2.46. The summed E-state index contributed by atoms with van der Waals surface area (Å²) in [6.07, 6.45) is 18.8. The van der Waals surface area contributed by atoms with Crippen LogP contribution in [-0.4, -0.2) is 0 Å². The molecular weight excluding hydrogens is 252 g/mol. The Labute approximate surface area is 136 Å². The molecule has 0 aliphatic carbocycles. The first-order chi connectivity index (χ1) is 10.2. The predicted octanol–water partition coefficient (Wildman–Crippen LogP) is 8.01. The van der Waals surface area contributed by atoms with Crippen LogP contribution in [0.5, 0.6) is 0 Å². The van der Waals surface area contributed by atoms with Crippen molar-refractivity contribution in [2.45, 2.75) is 118 Å². The van der Waals surface area contributed by atoms with E-state index >= 15 is 0 Å². The molecule has 0 aliphatic heterocycles. The molecule has 128 valence electrons. The summed E-state index contributed by atoms with van der Waals surface area (Å²) in [7, 11) is 0. The van der Waals surface area contributed by atoms with E-state index in [-0.39, 0.29) is 0 Å². The van der Waals surface area contributed by atoms with Crippen molar-refractivity contribution < 1.29 is 0 Å². The summed E-state index contributed by atoms with van der Waals surface area (Å²) in [6.45, 7) is 11.8. The summed E-state index contributed by atoms with van der Waals surface area (Å²) in [5, 5.41) is 0. The van der Waals surface area contributed by atoms with Crippen LogP contribution in [-0.2, 0) is 0 Å². The smallest absolute Gasteiger partial charge is 0.0386 e. The van der Waals surface area contributed by atoms with Crippen molar-refractivity contribution in [2.75, 3.05) is 0 Å². The highest BCUT2D eigenvalue weighted by molar-refractivity contribution is 4.70. The van der Waals surface area contributed by atoms with E-state index in [1.807, 2.05) is 0 Å². The van der Waals surface area contributed by atoms with Crippen molar-refractivity contribution in [2.24, 2.45) is 17.8 Å². The van der Waals surface area contributed by atoms with Crippen molar-refractivity contribution in [1.82, 2.24) is 0 Å². The number of unbranched alkanes of at least 4 members (excludes halogenated alkanes) is 5. The number of rotatable bonds is 15. The SMILES string of the molecule is CCCCCCCCC(CC)C(CCC)CCCC(C)C. The molecule has 0 saturated heterocycles. The van der Waals surface area contributed by atoms with Crippen molar-refractivity contribution in [1.29, 1.82) is 0 Å². The van der Waals surface area contributed by atoms with E-state index in [9.17, 15) is 0 Å². The summed E-state index contributed by atoms with van der Waals surface area (Å²) in [5.74, 6) is 2.89. The maximum Gasteiger partial charge on any atom is -0.0386 e. The molecule has 0 bridgehead atoms. The van der Waals surface area contributed by atoms with E-state index < -0.39 is 0 Å². The standard InChI is InChI=1S/C21H44/c1-6-9-10-11-12-13-17-20(8-3)21(15-7-2)18-14-16-19(4)5/h19-21H,6-18H2,1-5H3. The highest BCUT2D eigenvalue weighted by Gasteiger charge is 2.18. The maximum atomic E-state index is 2.42. The maximum absolute atomic E-state index is 2.42. The fourth-order valence-electron chi connectivity index (χ4n) is 3.73. The van der Waals surface area contributed by atoms with Crippen LogP contribution < -0.4 is 0 Å². The molecule has 2 unspecified atom stereocenters. The molecule has 0 radical (unpaired) electrons. The number of hydrogen-bond acceptors (Lipinski definition) is 0. The molecule has 0 heteroatoms. The summed E-state index contributed by atoms with van der Waals surface area (Å²) in [6, 6.07) is 0. The summed E-state index contributed by atoms with van der Waals surface area (Å²) in [4.78, 5) is 0. The molecule has 0 N–H and O–H groups in total. The lowest BCUT2D eigenvalue weighted by atomic mass is 9.79. The van der Waals surface area contributed by atoms with Gasteiger partial charge in [-0.3, -0.25) is 0 Å². The Morgan fingerprint density at radius 3 is 1.71 bits per heavy atom. The minimum Gasteiger partial charge on any atom is -0.0654 e. The van der Waals surface area contributed by atoms with Gasteiger partial charge in [0.1, 0.15) is 0 Å². The zero-order valence-corrected chi connectivity index (χ0v) is 15.9. The zero-order chi connectivity index (χ0) is 15.9. The van der Waals surface area contributed by atoms with Crippen LogP contribution in [0.4, 0.5) is 0 Å². The van der Waals surface area contributed by atoms with Crippen LogP contribution in [0.1, 0.15) is 118 Å². The lowest BCUT2D eigenvalue weighted by molar-refractivity contribution is 0.251. The van der Waals surface area contributed by atoms with Gasteiger partial charge in [-0.1, -0.05) is 118 Å². The van der Waals surface area contributed by atoms with E-state index in [2.05, 4.69) is 34.6 Å². The molecule has 0 nitrogen and oxygen atoms in total. The molecule has 0 aliphatic rings. The highest BCUT2D eigenvalue weighted by Crippen LogP contribution is 2.31. The lowest BCUT2D eigenvalue weighted by Crippen LogP contribution is -2.15. The monoisotopic (exact) mass is 296 g/mol. The van der Waals surface area contributed by atoms with Gasteiger partial charge in [-0.05, 0) is 17.8 Å². The van der Waals surface area contributed by atoms with Crippen LogP contribution in [0.15, 0.2) is 0 Å². The fourth-order valence-corrected chi connectivity index (χ4v) is 3.73. The topological polar surface area (TPSA) is 0 Å². The third-order valence-corrected chi connectivity index (χ3v) is 5.14. The molecule has 21 heavy (non-hydrogen) atoms. The van der Waals surface area contributed by atoms with Gasteiger partial charge in [0.2, 0.25) is 0 Å². The van der Waals surface area contributed by atoms with Crippen molar-refractivity contribution in [3.63, 3.8) is 0 Å². The number of hydrogen-bond donors (Lipinski definition) is 0. The van der Waals surface area contributed by atoms with E-state index in [0.29, 0.717) is 0 Å². The van der Waals surface area contributed by atoms with Crippen LogP contribution in [0.3, 0.4) is 0 Å². The molecule has 0 saturated carbocycles. The molecular formula is C21H44. The van der Waals surface area contributed by atoms with Gasteiger partial charge in [0, 0.05) is 0 Å². The van der Waals surface area contributed by atoms with Gasteiger partial charge >= 0.3 is 0 Å². The van der Waals surface area contributed by atoms with Gasteiger partial charge in [0.05, 0.1) is 0 Å². The third kappa shape index (κ3) is 12.2. The van der Waals surface area contributed by atoms with Crippen molar-refractivity contribution >= 4 is 0 Å². The summed E-state index contributed by atoms with van der Waals surface area (Å²) in [5.41, 5.74) is 0. The van der Waals surface area contributed by atoms with E-state index in [0.717, 1.165) is 17.8 Å². The zero-order valence-electron chi connectivity index (χ0n) is 15.9. The van der Waals surface area contributed by atoms with E-state index in [1.54, 1.807) is 0 Å². The van der Waals surface area contributed by atoms with Crippen LogP contribution in [0.2, 0.25) is 0 Å². The van der Waals surface area contributed by atoms with Gasteiger partial charge in [-0.25, -0.2) is 0 Å². The van der Waals surface area contributed by atoms with E-state index in [4.69, 9.17) is 0 Å². The second kappa shape index (κ2) is 14.9. The fraction of sp³-hybridized carbons (Fsp3) is 1.00. The van der Waals surface area contributed by atoms with Crippen molar-refractivity contribution in [3.05, 3.63) is 0 Å². The average molecular weight is 297 g/mol. The van der Waals surface area contributed by atoms with Gasteiger partial charge in [0.25, 0.3) is 0 Å². The van der Waals surface area contributed by atoms with Crippen molar-refractivity contribution in [3.8, 4) is 0 Å². The molecule has 0 amide bonds. The second-order valence-electron chi connectivity index (χ2n) is 7.60. The quantitative estimate of drug-likeness (QED) is 0.268. The Hall–Kier alpha value is 0. The Morgan fingerprint density at radius 1 is 0.524 bits per heavy atom. The molecule has 0 aromatic heterocycles.